The average molecular weight is 466 g/mol. The molecule has 14 nitrogen and oxygen atoms in total. The van der Waals surface area contributed by atoms with E-state index in [1.54, 1.807) is 13.8 Å². The third-order valence-electron chi connectivity index (χ3n) is 4.09. The van der Waals surface area contributed by atoms with E-state index < -0.39 is 54.5 Å². The third-order valence-corrected chi connectivity index (χ3v) is 4.09. The van der Waals surface area contributed by atoms with E-state index >= 15 is 0 Å². The number of primary amides is 1. The Morgan fingerprint density at radius 3 is 1.84 bits per heavy atom. The molecule has 1 rings (SSSR count). The Morgan fingerprint density at radius 2 is 1.56 bits per heavy atom. The number of hydrogen-bond donors (Lipinski definition) is 8. The Labute approximate surface area is 185 Å². The maximum Gasteiger partial charge on any atom is 0.324 e. The lowest BCUT2D eigenvalue weighted by Crippen LogP contribution is -2.39. The lowest BCUT2D eigenvalue weighted by Gasteiger charge is -2.12. The van der Waals surface area contributed by atoms with Gasteiger partial charge >= 0.3 is 23.9 Å². The number of hydrogen-bond acceptors (Lipinski definition) is 10. The molecule has 0 radical (unpaired) electrons. The Balaban J connectivity index is 0. The van der Waals surface area contributed by atoms with Crippen LogP contribution in [0.1, 0.15) is 39.5 Å². The minimum Gasteiger partial charge on any atom is -0.480 e. The van der Waals surface area contributed by atoms with Crippen LogP contribution >= 0.6 is 0 Å². The van der Waals surface area contributed by atoms with Gasteiger partial charge in [0, 0.05) is 6.42 Å². The summed E-state index contributed by atoms with van der Waals surface area (Å²) in [4.78, 5) is 52.0. The summed E-state index contributed by atoms with van der Waals surface area (Å²) < 4.78 is 4.54. The normalized spacial score (nSPS) is 17.5. The number of carboxylic acid groups (broad SMARTS) is 3. The third kappa shape index (κ3) is 16.0. The molecule has 0 spiro atoms. The number of nitrogens with two attached hydrogens (primary N) is 4. The van der Waals surface area contributed by atoms with Gasteiger partial charge in [-0.05, 0) is 31.7 Å². The molecule has 0 saturated carbocycles. The van der Waals surface area contributed by atoms with Crippen molar-refractivity contribution in [1.29, 1.82) is 0 Å². The monoisotopic (exact) mass is 465 g/mol. The fourth-order valence-electron chi connectivity index (χ4n) is 1.95. The van der Waals surface area contributed by atoms with E-state index in [9.17, 15) is 24.0 Å². The summed E-state index contributed by atoms with van der Waals surface area (Å²) in [6.45, 7) is 3.95. The number of carboxylic acids is 3. The lowest BCUT2D eigenvalue weighted by atomic mass is 10.1. The van der Waals surface area contributed by atoms with Gasteiger partial charge in [-0.25, -0.2) is 0 Å². The van der Waals surface area contributed by atoms with Crippen LogP contribution in [0.2, 0.25) is 0 Å². The molecular formula is C18H35N5O9. The van der Waals surface area contributed by atoms with E-state index in [0.717, 1.165) is 19.4 Å². The van der Waals surface area contributed by atoms with Gasteiger partial charge in [-0.15, -0.1) is 0 Å². The molecule has 0 aromatic carbocycles. The molecule has 4 atom stereocenters. The molecule has 0 aromatic heterocycles. The summed E-state index contributed by atoms with van der Waals surface area (Å²) in [5.74, 6) is -4.29. The Hall–Kier alpha value is -2.81. The number of nitrogens with one attached hydrogen (secondary N) is 1. The SMILES string of the molecule is CC(C)[C@H](N)C(=O)O.NC(=O)CC[C@H](N)C(=O)OC[C@H](N)C(=O)O.O=C(O)[C@@H]1CCCN1. The van der Waals surface area contributed by atoms with Crippen LogP contribution in [0.25, 0.3) is 0 Å². The van der Waals surface area contributed by atoms with Gasteiger partial charge < -0.3 is 48.3 Å². The van der Waals surface area contributed by atoms with E-state index in [0.29, 0.717) is 0 Å². The zero-order valence-corrected chi connectivity index (χ0v) is 18.2. The summed E-state index contributed by atoms with van der Waals surface area (Å²) >= 11 is 0. The fraction of sp³-hybridized carbons (Fsp3) is 0.722. The van der Waals surface area contributed by atoms with Gasteiger partial charge in [-0.2, -0.15) is 0 Å². The van der Waals surface area contributed by atoms with Gasteiger partial charge in [0.15, 0.2) is 0 Å². The van der Waals surface area contributed by atoms with Gasteiger partial charge in [-0.1, -0.05) is 13.8 Å². The van der Waals surface area contributed by atoms with Crippen molar-refractivity contribution in [3.05, 3.63) is 0 Å². The van der Waals surface area contributed by atoms with Crippen molar-refractivity contribution in [2.75, 3.05) is 13.2 Å². The van der Waals surface area contributed by atoms with Crippen molar-refractivity contribution in [3.8, 4) is 0 Å². The van der Waals surface area contributed by atoms with Gasteiger partial charge in [0.05, 0.1) is 0 Å². The van der Waals surface area contributed by atoms with Crippen LogP contribution in [-0.2, 0) is 28.7 Å². The molecule has 0 aliphatic carbocycles. The first-order valence-electron chi connectivity index (χ1n) is 9.84. The largest absolute Gasteiger partial charge is 0.480 e. The first-order valence-corrected chi connectivity index (χ1v) is 9.84. The molecule has 1 aliphatic rings. The number of aliphatic carboxylic acids is 3. The molecule has 1 aliphatic heterocycles. The number of carbonyl (C=O) groups excluding carboxylic acids is 2. The minimum absolute atomic E-state index is 0.0208. The second-order valence-corrected chi connectivity index (χ2v) is 7.28. The highest BCUT2D eigenvalue weighted by Gasteiger charge is 2.20. The molecule has 14 heteroatoms. The lowest BCUT2D eigenvalue weighted by molar-refractivity contribution is -0.149. The average Bonchev–Trinajstić information content (AvgIpc) is 3.25. The van der Waals surface area contributed by atoms with Crippen molar-refractivity contribution >= 4 is 29.8 Å². The molecule has 1 amide bonds. The number of esters is 1. The highest BCUT2D eigenvalue weighted by atomic mass is 16.5. The standard InChI is InChI=1S/C8H15N3O5.C5H9NO2.C5H11NO2/c9-4(1-2-6(11)12)8(15)16-3-5(10)7(13)14;7-5(8)4-2-1-3-6-4;1-3(2)4(6)5(7)8/h4-5H,1-3,9-10H2,(H2,11,12)(H,13,14);4,6H,1-3H2,(H,7,8);3-4H,6H2,1-2H3,(H,7,8)/t4-,5-;2*4-/m000/s1. The number of carbonyl (C=O) groups is 5. The molecule has 0 bridgehead atoms. The van der Waals surface area contributed by atoms with Crippen LogP contribution in [0.15, 0.2) is 0 Å². The second-order valence-electron chi connectivity index (χ2n) is 7.28. The predicted octanol–water partition coefficient (Wildman–Crippen LogP) is -2.59. The maximum atomic E-state index is 11.1. The van der Waals surface area contributed by atoms with Crippen molar-refractivity contribution in [1.82, 2.24) is 5.32 Å². The summed E-state index contributed by atoms with van der Waals surface area (Å²) in [5.41, 5.74) is 20.5. The number of ether oxygens (including phenoxy) is 1. The molecule has 1 fully saturated rings. The molecule has 0 aromatic rings. The highest BCUT2D eigenvalue weighted by molar-refractivity contribution is 5.79. The van der Waals surface area contributed by atoms with Gasteiger partial charge in [0.25, 0.3) is 0 Å². The van der Waals surface area contributed by atoms with Crippen LogP contribution in [0, 0.1) is 5.92 Å². The Morgan fingerprint density at radius 1 is 1.00 bits per heavy atom. The van der Waals surface area contributed by atoms with E-state index in [4.69, 9.17) is 38.3 Å². The van der Waals surface area contributed by atoms with E-state index in [2.05, 4.69) is 10.1 Å². The molecule has 1 saturated heterocycles. The number of rotatable bonds is 10. The minimum atomic E-state index is -1.28. The highest BCUT2D eigenvalue weighted by Crippen LogP contribution is 2.03. The molecular weight excluding hydrogens is 430 g/mol. The zero-order valence-electron chi connectivity index (χ0n) is 18.2. The summed E-state index contributed by atoms with van der Waals surface area (Å²) in [7, 11) is 0. The quantitative estimate of drug-likeness (QED) is 0.154. The topological polar surface area (TPSA) is 271 Å². The molecule has 1 heterocycles. The molecule has 12 N–H and O–H groups in total. The summed E-state index contributed by atoms with van der Waals surface area (Å²) in [5, 5.41) is 27.8. The van der Waals surface area contributed by atoms with Crippen LogP contribution in [0.5, 0.6) is 0 Å². The first-order chi connectivity index (χ1) is 14.7. The molecule has 32 heavy (non-hydrogen) atoms. The Bertz CT molecular complexity index is 612. The van der Waals surface area contributed by atoms with E-state index in [1.165, 1.54) is 0 Å². The molecule has 0 unspecified atom stereocenters. The van der Waals surface area contributed by atoms with Crippen LogP contribution < -0.4 is 28.3 Å². The van der Waals surface area contributed by atoms with Crippen LogP contribution in [0.3, 0.4) is 0 Å². The maximum absolute atomic E-state index is 11.1. The van der Waals surface area contributed by atoms with Gasteiger partial charge in [-0.3, -0.25) is 24.0 Å². The summed E-state index contributed by atoms with van der Waals surface area (Å²) in [6, 6.07) is -3.27. The van der Waals surface area contributed by atoms with Crippen molar-refractivity contribution in [2.24, 2.45) is 28.9 Å². The van der Waals surface area contributed by atoms with Gasteiger partial charge in [0.1, 0.15) is 30.8 Å². The number of amides is 1. The van der Waals surface area contributed by atoms with Crippen molar-refractivity contribution in [2.45, 2.75) is 63.7 Å². The zero-order chi connectivity index (χ0) is 25.4. The first kappa shape index (κ1) is 31.4. The van der Waals surface area contributed by atoms with Crippen LogP contribution in [-0.4, -0.2) is 82.4 Å². The van der Waals surface area contributed by atoms with E-state index in [1.807, 2.05) is 0 Å². The van der Waals surface area contributed by atoms with Crippen molar-refractivity contribution in [3.63, 3.8) is 0 Å². The summed E-state index contributed by atoms with van der Waals surface area (Å²) in [6.07, 6.45) is 1.80. The van der Waals surface area contributed by atoms with Crippen LogP contribution in [0.4, 0.5) is 0 Å². The second kappa shape index (κ2) is 16.8. The predicted molar refractivity (Wildman–Crippen MR) is 112 cm³/mol. The fourth-order valence-corrected chi connectivity index (χ4v) is 1.95. The van der Waals surface area contributed by atoms with Crippen molar-refractivity contribution < 1.29 is 44.0 Å². The molecule has 186 valence electrons. The Kier molecular flexibility index (Phi) is 16.5. The van der Waals surface area contributed by atoms with Gasteiger partial charge in [0.2, 0.25) is 5.91 Å². The van der Waals surface area contributed by atoms with E-state index in [-0.39, 0.29) is 24.8 Å². The smallest absolute Gasteiger partial charge is 0.324 e.